The maximum atomic E-state index is 7.54. The van der Waals surface area contributed by atoms with Crippen molar-refractivity contribution in [1.82, 2.24) is 9.97 Å². The molecule has 55 heavy (non-hydrogen) atoms. The van der Waals surface area contributed by atoms with Crippen LogP contribution in [-0.2, 0) is 11.0 Å². The quantitative estimate of drug-likeness (QED) is 0.172. The predicted molar refractivity (Wildman–Crippen MR) is 223 cm³/mol. The summed E-state index contributed by atoms with van der Waals surface area (Å²) in [4.78, 5) is 10.2. The van der Waals surface area contributed by atoms with Crippen LogP contribution in [0.5, 0.6) is 11.5 Å². The summed E-state index contributed by atoms with van der Waals surface area (Å²) in [6, 6.07) is 56.9. The Morgan fingerprint density at radius 2 is 1.13 bits per heavy atom. The van der Waals surface area contributed by atoms with Gasteiger partial charge in [-0.05, 0) is 51.9 Å². The maximum Gasteiger partial charge on any atom is 0.178 e. The number of fused-ring (bicyclic) bond motifs is 8. The van der Waals surface area contributed by atoms with Gasteiger partial charge in [0.25, 0.3) is 0 Å². The van der Waals surface area contributed by atoms with Crippen molar-refractivity contribution in [3.05, 3.63) is 198 Å². The van der Waals surface area contributed by atoms with Gasteiger partial charge >= 0.3 is 0 Å². The lowest BCUT2D eigenvalue weighted by atomic mass is 9.76. The van der Waals surface area contributed by atoms with E-state index in [9.17, 15) is 0 Å². The van der Waals surface area contributed by atoms with Crippen LogP contribution in [0.2, 0.25) is 0 Å². The molecule has 0 saturated heterocycles. The molecule has 1 aliphatic carbocycles. The molecule has 0 N–H and O–H groups in total. The fraction of sp³-hybridized carbons (Fsp3) is 0.0980. The van der Waals surface area contributed by atoms with Gasteiger partial charge in [0.1, 0.15) is 11.5 Å². The topological polar surface area (TPSA) is 44.2 Å². The predicted octanol–water partition coefficient (Wildman–Crippen LogP) is 12.3. The van der Waals surface area contributed by atoms with E-state index in [1.807, 2.05) is 48.5 Å². The second-order valence-corrected chi connectivity index (χ2v) is 14.9. The van der Waals surface area contributed by atoms with Crippen LogP contribution >= 0.6 is 0 Å². The number of hydrogen-bond donors (Lipinski definition) is 0. The lowest BCUT2D eigenvalue weighted by molar-refractivity contribution is 0.163. The summed E-state index contributed by atoms with van der Waals surface area (Å²) in [7, 11) is 1.70. The molecule has 8 aromatic rings. The monoisotopic (exact) mass is 710 g/mol. The molecule has 0 radical (unpaired) electrons. The zero-order chi connectivity index (χ0) is 37.1. The van der Waals surface area contributed by atoms with Crippen molar-refractivity contribution in [1.29, 1.82) is 0 Å². The van der Waals surface area contributed by atoms with Crippen LogP contribution in [-0.4, -0.2) is 17.1 Å². The van der Waals surface area contributed by atoms with Crippen molar-refractivity contribution in [3.8, 4) is 56.5 Å². The molecular weight excluding hydrogens is 673 g/mol. The molecule has 1 atom stereocenters. The first kappa shape index (κ1) is 32.8. The van der Waals surface area contributed by atoms with Crippen LogP contribution < -0.4 is 9.47 Å². The summed E-state index contributed by atoms with van der Waals surface area (Å²) in [6.45, 7) is 4.67. The van der Waals surface area contributed by atoms with E-state index in [0.29, 0.717) is 5.82 Å². The first-order chi connectivity index (χ1) is 26.9. The van der Waals surface area contributed by atoms with E-state index in [2.05, 4.69) is 141 Å². The van der Waals surface area contributed by atoms with Crippen LogP contribution in [0, 0.1) is 0 Å². The van der Waals surface area contributed by atoms with Gasteiger partial charge in [0, 0.05) is 44.2 Å². The van der Waals surface area contributed by atoms with Gasteiger partial charge in [-0.15, -0.1) is 0 Å². The molecule has 0 amide bonds. The minimum Gasteiger partial charge on any atom is -0.497 e. The standard InChI is InChI=1S/C51H38N2O2/c1-50(2)43-21-13-12-20-41(43)46-39-18-10-11-19-40(39)48-42(47(46)50)30-31-51(55-48,37-26-28-38(54-3)29-27-37)36-24-22-35(23-25-36)49-52-44(33-14-6-4-7-15-33)32-45(53-49)34-16-8-5-9-17-34/h4-32H,1-3H3. The zero-order valence-electron chi connectivity index (χ0n) is 31.0. The third-order valence-corrected chi connectivity index (χ3v) is 11.4. The third kappa shape index (κ3) is 5.20. The summed E-state index contributed by atoms with van der Waals surface area (Å²) >= 11 is 0. The first-order valence-electron chi connectivity index (χ1n) is 18.8. The van der Waals surface area contributed by atoms with E-state index < -0.39 is 5.60 Å². The molecule has 0 spiro atoms. The van der Waals surface area contributed by atoms with Gasteiger partial charge in [0.15, 0.2) is 11.4 Å². The molecule has 0 fully saturated rings. The van der Waals surface area contributed by atoms with Gasteiger partial charge in [-0.2, -0.15) is 0 Å². The molecule has 4 heteroatoms. The second kappa shape index (κ2) is 12.7. The van der Waals surface area contributed by atoms with Gasteiger partial charge < -0.3 is 9.47 Å². The molecule has 1 unspecified atom stereocenters. The Kier molecular flexibility index (Phi) is 7.57. The number of rotatable bonds is 6. The van der Waals surface area contributed by atoms with Gasteiger partial charge in [-0.3, -0.25) is 0 Å². The SMILES string of the molecule is COc1ccc(C2(c3ccc(-c4nc(-c5ccccc5)cc(-c5ccccc5)n4)cc3)C=Cc3c4c(c5ccccc5c3O2)-c2ccccc2C4(C)C)cc1. The number of nitrogens with zero attached hydrogens (tertiary/aromatic N) is 2. The van der Waals surface area contributed by atoms with Gasteiger partial charge in [-0.1, -0.05) is 166 Å². The summed E-state index contributed by atoms with van der Waals surface area (Å²) in [5.74, 6) is 2.35. The van der Waals surface area contributed by atoms with E-state index in [-0.39, 0.29) is 5.41 Å². The summed E-state index contributed by atoms with van der Waals surface area (Å²) in [6.07, 6.45) is 4.54. The van der Waals surface area contributed by atoms with Crippen molar-refractivity contribution in [2.45, 2.75) is 24.9 Å². The molecular formula is C51H38N2O2. The lowest BCUT2D eigenvalue weighted by Gasteiger charge is -2.38. The van der Waals surface area contributed by atoms with Crippen molar-refractivity contribution >= 4 is 16.8 Å². The van der Waals surface area contributed by atoms with Crippen molar-refractivity contribution in [2.75, 3.05) is 7.11 Å². The third-order valence-electron chi connectivity index (χ3n) is 11.4. The number of methoxy groups -OCH3 is 1. The molecule has 1 aliphatic heterocycles. The Morgan fingerprint density at radius 3 is 1.76 bits per heavy atom. The molecule has 2 heterocycles. The van der Waals surface area contributed by atoms with Gasteiger partial charge in [0.05, 0.1) is 18.5 Å². The number of hydrogen-bond acceptors (Lipinski definition) is 4. The minimum atomic E-state index is -0.924. The van der Waals surface area contributed by atoms with Crippen LogP contribution in [0.15, 0.2) is 170 Å². The van der Waals surface area contributed by atoms with E-state index in [1.165, 1.54) is 27.6 Å². The molecule has 10 rings (SSSR count). The average Bonchev–Trinajstić information content (AvgIpc) is 3.50. The molecule has 1 aromatic heterocycles. The van der Waals surface area contributed by atoms with Crippen LogP contribution in [0.4, 0.5) is 0 Å². The van der Waals surface area contributed by atoms with Crippen LogP contribution in [0.25, 0.3) is 61.9 Å². The smallest absolute Gasteiger partial charge is 0.178 e. The minimum absolute atomic E-state index is 0.206. The Hall–Kier alpha value is -6.78. The Labute approximate surface area is 321 Å². The van der Waals surface area contributed by atoms with Gasteiger partial charge in [-0.25, -0.2) is 9.97 Å². The highest BCUT2D eigenvalue weighted by molar-refractivity contribution is 6.08. The lowest BCUT2D eigenvalue weighted by Crippen LogP contribution is -2.35. The molecule has 0 saturated carbocycles. The van der Waals surface area contributed by atoms with E-state index in [0.717, 1.165) is 61.7 Å². The van der Waals surface area contributed by atoms with Crippen molar-refractivity contribution in [3.63, 3.8) is 0 Å². The van der Waals surface area contributed by atoms with Crippen LogP contribution in [0.1, 0.15) is 41.7 Å². The largest absolute Gasteiger partial charge is 0.497 e. The maximum absolute atomic E-state index is 7.54. The molecule has 4 nitrogen and oxygen atoms in total. The molecule has 0 bridgehead atoms. The van der Waals surface area contributed by atoms with E-state index in [1.54, 1.807) is 7.11 Å². The number of benzene rings is 7. The summed E-state index contributed by atoms with van der Waals surface area (Å²) in [5.41, 5.74) is 12.0. The first-order valence-corrected chi connectivity index (χ1v) is 18.8. The van der Waals surface area contributed by atoms with E-state index in [4.69, 9.17) is 19.4 Å². The molecule has 264 valence electrons. The Bertz CT molecular complexity index is 2710. The summed E-state index contributed by atoms with van der Waals surface area (Å²) < 4.78 is 13.1. The Morgan fingerprint density at radius 1 is 0.564 bits per heavy atom. The van der Waals surface area contributed by atoms with Crippen LogP contribution in [0.3, 0.4) is 0 Å². The van der Waals surface area contributed by atoms with E-state index >= 15 is 0 Å². The second-order valence-electron chi connectivity index (χ2n) is 14.9. The highest BCUT2D eigenvalue weighted by Gasteiger charge is 2.44. The highest BCUT2D eigenvalue weighted by atomic mass is 16.5. The van der Waals surface area contributed by atoms with Crippen molar-refractivity contribution in [2.24, 2.45) is 0 Å². The van der Waals surface area contributed by atoms with Gasteiger partial charge in [0.2, 0.25) is 0 Å². The fourth-order valence-corrected chi connectivity index (χ4v) is 8.67. The normalized spacial score (nSPS) is 16.2. The summed E-state index contributed by atoms with van der Waals surface area (Å²) in [5, 5.41) is 2.30. The number of aromatic nitrogens is 2. The Balaban J connectivity index is 1.14. The van der Waals surface area contributed by atoms with Crippen molar-refractivity contribution < 1.29 is 9.47 Å². The number of ether oxygens (including phenoxy) is 2. The average molecular weight is 711 g/mol. The molecule has 2 aliphatic rings. The zero-order valence-corrected chi connectivity index (χ0v) is 31.0. The highest BCUT2D eigenvalue weighted by Crippen LogP contribution is 2.58. The molecule has 7 aromatic carbocycles. The fourth-order valence-electron chi connectivity index (χ4n) is 8.67.